The largest absolute Gasteiger partial charge is 0.493 e. The Kier molecular flexibility index (Phi) is 6.52. The molecule has 6 heteroatoms. The van der Waals surface area contributed by atoms with Crippen LogP contribution in [0.1, 0.15) is 24.3 Å². The van der Waals surface area contributed by atoms with E-state index in [0.29, 0.717) is 23.5 Å². The third-order valence-corrected chi connectivity index (χ3v) is 3.16. The highest BCUT2D eigenvalue weighted by atomic mass is 16.5. The van der Waals surface area contributed by atoms with E-state index in [2.05, 4.69) is 4.74 Å². The van der Waals surface area contributed by atoms with Crippen molar-refractivity contribution in [2.75, 3.05) is 28.4 Å². The first-order valence-electron chi connectivity index (χ1n) is 6.43. The van der Waals surface area contributed by atoms with Gasteiger partial charge in [0.15, 0.2) is 11.5 Å². The Morgan fingerprint density at radius 1 is 1.00 bits per heavy atom. The van der Waals surface area contributed by atoms with Gasteiger partial charge in [0.2, 0.25) is 0 Å². The molecular formula is C15H20O6. The molecule has 0 saturated carbocycles. The summed E-state index contributed by atoms with van der Waals surface area (Å²) in [4.78, 5) is 23.2. The van der Waals surface area contributed by atoms with Crippen LogP contribution >= 0.6 is 0 Å². The average Bonchev–Trinajstić information content (AvgIpc) is 2.53. The lowest BCUT2D eigenvalue weighted by atomic mass is 9.94. The lowest BCUT2D eigenvalue weighted by molar-refractivity contribution is -0.143. The van der Waals surface area contributed by atoms with Crippen molar-refractivity contribution < 1.29 is 28.5 Å². The Labute approximate surface area is 123 Å². The molecule has 116 valence electrons. The Bertz CT molecular complexity index is 497. The monoisotopic (exact) mass is 296 g/mol. The molecule has 0 fully saturated rings. The summed E-state index contributed by atoms with van der Waals surface area (Å²) < 4.78 is 19.8. The smallest absolute Gasteiger partial charge is 0.313 e. The van der Waals surface area contributed by atoms with Crippen LogP contribution in [0.5, 0.6) is 11.5 Å². The summed E-state index contributed by atoms with van der Waals surface area (Å²) in [6, 6.07) is 5.17. The maximum absolute atomic E-state index is 11.9. The van der Waals surface area contributed by atoms with Crippen LogP contribution < -0.4 is 9.47 Å². The molecule has 21 heavy (non-hydrogen) atoms. The van der Waals surface area contributed by atoms with Gasteiger partial charge in [-0.1, -0.05) is 6.07 Å². The Morgan fingerprint density at radius 3 is 2.19 bits per heavy atom. The Morgan fingerprint density at radius 2 is 1.67 bits per heavy atom. The second-order valence-corrected chi connectivity index (χ2v) is 4.30. The van der Waals surface area contributed by atoms with Crippen LogP contribution in [0, 0.1) is 0 Å². The van der Waals surface area contributed by atoms with Gasteiger partial charge in [-0.2, -0.15) is 0 Å². The van der Waals surface area contributed by atoms with Crippen molar-refractivity contribution in [1.82, 2.24) is 0 Å². The normalized spacial score (nSPS) is 11.4. The minimum Gasteiger partial charge on any atom is -0.493 e. The predicted octanol–water partition coefficient (Wildman–Crippen LogP) is 1.91. The molecule has 6 nitrogen and oxygen atoms in total. The molecule has 0 unspecified atom stereocenters. The van der Waals surface area contributed by atoms with Crippen LogP contribution in [0.4, 0.5) is 0 Å². The van der Waals surface area contributed by atoms with Gasteiger partial charge in [0.1, 0.15) is 0 Å². The van der Waals surface area contributed by atoms with E-state index in [4.69, 9.17) is 14.2 Å². The molecule has 1 aromatic rings. The van der Waals surface area contributed by atoms with Crippen molar-refractivity contribution in [3.05, 3.63) is 23.8 Å². The molecule has 0 aliphatic heterocycles. The molecular weight excluding hydrogens is 276 g/mol. The van der Waals surface area contributed by atoms with Crippen LogP contribution in [0.15, 0.2) is 18.2 Å². The molecule has 0 aromatic heterocycles. The molecule has 0 radical (unpaired) electrons. The fourth-order valence-corrected chi connectivity index (χ4v) is 2.00. The molecule has 0 saturated heterocycles. The van der Waals surface area contributed by atoms with Crippen LogP contribution in [-0.4, -0.2) is 40.4 Å². The Hall–Kier alpha value is -2.24. The number of rotatable bonds is 7. The van der Waals surface area contributed by atoms with Crippen LogP contribution in [0.3, 0.4) is 0 Å². The van der Waals surface area contributed by atoms with Crippen molar-refractivity contribution >= 4 is 11.9 Å². The number of methoxy groups -OCH3 is 4. The second kappa shape index (κ2) is 8.14. The van der Waals surface area contributed by atoms with Gasteiger partial charge in [-0.15, -0.1) is 0 Å². The maximum atomic E-state index is 11.9. The van der Waals surface area contributed by atoms with Crippen molar-refractivity contribution in [2.24, 2.45) is 0 Å². The SMILES string of the molecule is COC(=O)CC[C@@H](C(=O)OC)c1ccc(OC)c(OC)c1. The summed E-state index contributed by atoms with van der Waals surface area (Å²) in [6.07, 6.45) is 0.430. The molecule has 0 heterocycles. The number of esters is 2. The van der Waals surface area contributed by atoms with Crippen LogP contribution in [0.25, 0.3) is 0 Å². The fourth-order valence-electron chi connectivity index (χ4n) is 2.00. The zero-order valence-electron chi connectivity index (χ0n) is 12.7. The van der Waals surface area contributed by atoms with E-state index in [1.165, 1.54) is 28.4 Å². The molecule has 0 bridgehead atoms. The summed E-state index contributed by atoms with van der Waals surface area (Å²) in [5, 5.41) is 0. The molecule has 0 aliphatic carbocycles. The first kappa shape index (κ1) is 16.8. The lowest BCUT2D eigenvalue weighted by Gasteiger charge is -2.16. The summed E-state index contributed by atoms with van der Waals surface area (Å²) in [7, 11) is 5.68. The fraction of sp³-hybridized carbons (Fsp3) is 0.467. The number of carbonyl (C=O) groups excluding carboxylic acids is 2. The van der Waals surface area contributed by atoms with Gasteiger partial charge in [-0.25, -0.2) is 0 Å². The quantitative estimate of drug-likeness (QED) is 0.716. The van der Waals surface area contributed by atoms with E-state index in [1.807, 2.05) is 0 Å². The maximum Gasteiger partial charge on any atom is 0.313 e. The minimum absolute atomic E-state index is 0.130. The average molecular weight is 296 g/mol. The summed E-state index contributed by atoms with van der Waals surface area (Å²) in [5.74, 6) is -0.260. The van der Waals surface area contributed by atoms with Gasteiger partial charge >= 0.3 is 11.9 Å². The van der Waals surface area contributed by atoms with Gasteiger partial charge in [0.25, 0.3) is 0 Å². The minimum atomic E-state index is -0.561. The third-order valence-electron chi connectivity index (χ3n) is 3.16. The zero-order chi connectivity index (χ0) is 15.8. The first-order valence-corrected chi connectivity index (χ1v) is 6.43. The van der Waals surface area contributed by atoms with Crippen molar-refractivity contribution in [1.29, 1.82) is 0 Å². The topological polar surface area (TPSA) is 71.1 Å². The van der Waals surface area contributed by atoms with Gasteiger partial charge in [-0.05, 0) is 24.1 Å². The summed E-state index contributed by atoms with van der Waals surface area (Å²) in [5.41, 5.74) is 0.698. The zero-order valence-corrected chi connectivity index (χ0v) is 12.7. The van der Waals surface area contributed by atoms with Gasteiger partial charge in [0.05, 0.1) is 34.4 Å². The lowest BCUT2D eigenvalue weighted by Crippen LogP contribution is -2.16. The van der Waals surface area contributed by atoms with Crippen molar-refractivity contribution in [2.45, 2.75) is 18.8 Å². The molecule has 0 amide bonds. The highest BCUT2D eigenvalue weighted by Crippen LogP contribution is 2.32. The summed E-state index contributed by atoms with van der Waals surface area (Å²) in [6.45, 7) is 0. The third kappa shape index (κ3) is 4.37. The summed E-state index contributed by atoms with van der Waals surface area (Å²) >= 11 is 0. The van der Waals surface area contributed by atoms with Crippen LogP contribution in [0.2, 0.25) is 0 Å². The highest BCUT2D eigenvalue weighted by Gasteiger charge is 2.24. The number of benzene rings is 1. The Balaban J connectivity index is 3.02. The van der Waals surface area contributed by atoms with E-state index in [9.17, 15) is 9.59 Å². The molecule has 0 aliphatic rings. The molecule has 1 rings (SSSR count). The van der Waals surface area contributed by atoms with Gasteiger partial charge in [-0.3, -0.25) is 9.59 Å². The predicted molar refractivity (Wildman–Crippen MR) is 75.6 cm³/mol. The van der Waals surface area contributed by atoms with Gasteiger partial charge < -0.3 is 18.9 Å². The number of ether oxygens (including phenoxy) is 4. The highest BCUT2D eigenvalue weighted by molar-refractivity contribution is 5.79. The molecule has 0 spiro atoms. The van der Waals surface area contributed by atoms with E-state index in [1.54, 1.807) is 18.2 Å². The van der Waals surface area contributed by atoms with Crippen molar-refractivity contribution in [3.63, 3.8) is 0 Å². The molecule has 0 N–H and O–H groups in total. The molecule has 1 atom stereocenters. The number of hydrogen-bond acceptors (Lipinski definition) is 6. The standard InChI is InChI=1S/C15H20O6/c1-18-12-7-5-10(9-13(12)19-2)11(15(17)21-4)6-8-14(16)20-3/h5,7,9,11H,6,8H2,1-4H3/t11-/m1/s1. The van der Waals surface area contributed by atoms with Crippen molar-refractivity contribution in [3.8, 4) is 11.5 Å². The molecule has 1 aromatic carbocycles. The second-order valence-electron chi connectivity index (χ2n) is 4.30. The van der Waals surface area contributed by atoms with E-state index >= 15 is 0 Å². The van der Waals surface area contributed by atoms with E-state index in [0.717, 1.165) is 0 Å². The van der Waals surface area contributed by atoms with E-state index in [-0.39, 0.29) is 12.4 Å². The van der Waals surface area contributed by atoms with Gasteiger partial charge in [0, 0.05) is 6.42 Å². The van der Waals surface area contributed by atoms with Crippen LogP contribution in [-0.2, 0) is 19.1 Å². The first-order chi connectivity index (χ1) is 10.1. The van der Waals surface area contributed by atoms with E-state index < -0.39 is 11.9 Å². The number of hydrogen-bond donors (Lipinski definition) is 0. The number of carbonyl (C=O) groups is 2.